The van der Waals surface area contributed by atoms with E-state index in [4.69, 9.17) is 68.0 Å². The van der Waals surface area contributed by atoms with E-state index in [1.165, 1.54) is 13.8 Å². The van der Waals surface area contributed by atoms with Gasteiger partial charge in [0.05, 0.1) is 12.0 Å². The van der Waals surface area contributed by atoms with E-state index in [0.717, 1.165) is 13.8 Å². The molecule has 2 saturated heterocycles. The molecule has 0 aromatic heterocycles. The fourth-order valence-electron chi connectivity index (χ4n) is 3.64. The van der Waals surface area contributed by atoms with Crippen LogP contribution in [0.25, 0.3) is 0 Å². The van der Waals surface area contributed by atoms with Crippen LogP contribution in [0.3, 0.4) is 0 Å². The highest BCUT2D eigenvalue weighted by atomic mass is 35.5. The Kier molecular flexibility index (Phi) is 10.7. The summed E-state index contributed by atoms with van der Waals surface area (Å²) in [6.07, 6.45) is -6.54. The van der Waals surface area contributed by atoms with Crippen molar-refractivity contribution in [1.29, 1.82) is 0 Å². The summed E-state index contributed by atoms with van der Waals surface area (Å²) >= 11 is 18.6. The first-order valence-electron chi connectivity index (χ1n) is 10.3. The van der Waals surface area contributed by atoms with Gasteiger partial charge in [0.15, 0.2) is 18.3 Å². The summed E-state index contributed by atoms with van der Waals surface area (Å²) < 4.78 is 38.8. The van der Waals surface area contributed by atoms with Gasteiger partial charge in [-0.15, -0.1) is 34.8 Å². The fraction of sp³-hybridized carbons (Fsp3) is 0.800. The summed E-state index contributed by atoms with van der Waals surface area (Å²) in [4.78, 5) is 46.7. The van der Waals surface area contributed by atoms with Gasteiger partial charge in [-0.05, 0) is 0 Å². The third-order valence-corrected chi connectivity index (χ3v) is 6.19. The van der Waals surface area contributed by atoms with Crippen molar-refractivity contribution >= 4 is 58.7 Å². The standard InChI is InChI=1S/C20H27Cl3O11/c1-9(24)28-7-14-16(23)17(30-11(3)26)18(31-12(4)27)19(32-14)34-20(8-22)15(29-10(2)25)5-13(6-21)33-20/h13-19H,5-8H2,1-4H3/t13-,14+,15-,16-,17-,18+,19+,20-/m0/s1. The van der Waals surface area contributed by atoms with Crippen molar-refractivity contribution in [1.82, 2.24) is 0 Å². The number of hydrogen-bond donors (Lipinski definition) is 0. The van der Waals surface area contributed by atoms with Gasteiger partial charge < -0.3 is 33.2 Å². The molecule has 0 spiro atoms. The molecule has 8 atom stereocenters. The third kappa shape index (κ3) is 7.32. The first-order valence-corrected chi connectivity index (χ1v) is 11.8. The number of hydrogen-bond acceptors (Lipinski definition) is 11. The van der Waals surface area contributed by atoms with Crippen LogP contribution in [-0.2, 0) is 52.3 Å². The molecular formula is C20H27Cl3O11. The molecule has 2 heterocycles. The zero-order valence-corrected chi connectivity index (χ0v) is 21.3. The summed E-state index contributed by atoms with van der Waals surface area (Å²) in [6, 6.07) is 0. The third-order valence-electron chi connectivity index (χ3n) is 4.94. The van der Waals surface area contributed by atoms with Gasteiger partial charge in [0.25, 0.3) is 0 Å². The van der Waals surface area contributed by atoms with E-state index in [2.05, 4.69) is 0 Å². The molecule has 0 aromatic carbocycles. The molecule has 0 amide bonds. The van der Waals surface area contributed by atoms with Crippen molar-refractivity contribution in [3.8, 4) is 0 Å². The van der Waals surface area contributed by atoms with E-state index < -0.39 is 71.9 Å². The molecule has 0 N–H and O–H groups in total. The molecule has 0 radical (unpaired) electrons. The van der Waals surface area contributed by atoms with Crippen molar-refractivity contribution in [2.75, 3.05) is 18.4 Å². The lowest BCUT2D eigenvalue weighted by Crippen LogP contribution is -2.63. The second-order valence-electron chi connectivity index (χ2n) is 7.73. The summed E-state index contributed by atoms with van der Waals surface area (Å²) in [5.74, 6) is -4.72. The van der Waals surface area contributed by atoms with Gasteiger partial charge in [0.1, 0.15) is 18.1 Å². The fourth-order valence-corrected chi connectivity index (χ4v) is 4.46. The highest BCUT2D eigenvalue weighted by Crippen LogP contribution is 2.40. The summed E-state index contributed by atoms with van der Waals surface area (Å²) in [5.41, 5.74) is 0. The summed E-state index contributed by atoms with van der Waals surface area (Å²) in [6.45, 7) is 4.35. The Morgan fingerprint density at radius 2 is 1.50 bits per heavy atom. The molecule has 2 rings (SSSR count). The maximum absolute atomic E-state index is 11.9. The van der Waals surface area contributed by atoms with Gasteiger partial charge >= 0.3 is 23.9 Å². The quantitative estimate of drug-likeness (QED) is 0.236. The molecule has 2 fully saturated rings. The number of ether oxygens (including phenoxy) is 7. The predicted molar refractivity (Wildman–Crippen MR) is 116 cm³/mol. The van der Waals surface area contributed by atoms with Gasteiger partial charge in [-0.3, -0.25) is 19.2 Å². The molecule has 194 valence electrons. The van der Waals surface area contributed by atoms with E-state index in [1.807, 2.05) is 0 Å². The van der Waals surface area contributed by atoms with Crippen molar-refractivity contribution in [3.05, 3.63) is 0 Å². The van der Waals surface area contributed by atoms with E-state index in [1.54, 1.807) is 0 Å². The molecule has 2 aliphatic heterocycles. The maximum Gasteiger partial charge on any atom is 0.303 e. The van der Waals surface area contributed by atoms with Crippen molar-refractivity contribution in [2.24, 2.45) is 0 Å². The smallest absolute Gasteiger partial charge is 0.303 e. The Hall–Kier alpha value is -1.37. The van der Waals surface area contributed by atoms with Crippen LogP contribution in [-0.4, -0.2) is 90.2 Å². The van der Waals surface area contributed by atoms with Gasteiger partial charge in [-0.1, -0.05) is 0 Å². The zero-order valence-electron chi connectivity index (χ0n) is 19.0. The van der Waals surface area contributed by atoms with Crippen LogP contribution in [0, 0.1) is 0 Å². The SMILES string of the molecule is CC(=O)OC[C@H]1O[C@H](O[C@]2(CCl)O[C@H](CCl)C[C@@H]2OC(C)=O)[C@H](OC(C)=O)[C@@H](OC(C)=O)[C@H]1Cl. The second kappa shape index (κ2) is 12.5. The lowest BCUT2D eigenvalue weighted by atomic mass is 10.0. The van der Waals surface area contributed by atoms with E-state index in [0.29, 0.717) is 0 Å². The number of carbonyl (C=O) groups excluding carboxylic acids is 4. The first-order chi connectivity index (χ1) is 15.9. The second-order valence-corrected chi connectivity index (χ2v) is 8.81. The molecule has 0 saturated carbocycles. The number of carbonyl (C=O) groups is 4. The minimum atomic E-state index is -1.75. The average molecular weight is 550 g/mol. The Bertz CT molecular complexity index is 766. The normalized spacial score (nSPS) is 35.3. The lowest BCUT2D eigenvalue weighted by Gasteiger charge is -2.45. The van der Waals surface area contributed by atoms with Crippen molar-refractivity contribution in [3.63, 3.8) is 0 Å². The van der Waals surface area contributed by atoms with Crippen LogP contribution in [0.4, 0.5) is 0 Å². The first kappa shape index (κ1) is 28.9. The van der Waals surface area contributed by atoms with Crippen LogP contribution < -0.4 is 0 Å². The molecule has 0 unspecified atom stereocenters. The molecular weight excluding hydrogens is 523 g/mol. The Balaban J connectivity index is 2.44. The van der Waals surface area contributed by atoms with E-state index in [-0.39, 0.29) is 24.8 Å². The van der Waals surface area contributed by atoms with E-state index in [9.17, 15) is 19.2 Å². The van der Waals surface area contributed by atoms with Crippen LogP contribution in [0.5, 0.6) is 0 Å². The number of alkyl halides is 3. The molecule has 0 bridgehead atoms. The van der Waals surface area contributed by atoms with Gasteiger partial charge in [0, 0.05) is 40.0 Å². The number of rotatable bonds is 9. The summed E-state index contributed by atoms with van der Waals surface area (Å²) in [7, 11) is 0. The average Bonchev–Trinajstić information content (AvgIpc) is 3.08. The zero-order chi connectivity index (χ0) is 25.6. The van der Waals surface area contributed by atoms with E-state index >= 15 is 0 Å². The van der Waals surface area contributed by atoms with Crippen LogP contribution in [0.15, 0.2) is 0 Å². The minimum Gasteiger partial charge on any atom is -0.463 e. The van der Waals surface area contributed by atoms with Crippen molar-refractivity contribution < 1.29 is 52.3 Å². The van der Waals surface area contributed by atoms with Crippen LogP contribution in [0.1, 0.15) is 34.1 Å². The lowest BCUT2D eigenvalue weighted by molar-refractivity contribution is -0.358. The molecule has 0 aromatic rings. The highest BCUT2D eigenvalue weighted by Gasteiger charge is 2.58. The Labute approximate surface area is 211 Å². The van der Waals surface area contributed by atoms with Gasteiger partial charge in [0.2, 0.25) is 12.1 Å². The Morgan fingerprint density at radius 3 is 2.00 bits per heavy atom. The van der Waals surface area contributed by atoms with Crippen LogP contribution in [0.2, 0.25) is 0 Å². The highest BCUT2D eigenvalue weighted by molar-refractivity contribution is 6.21. The maximum atomic E-state index is 11.9. The summed E-state index contributed by atoms with van der Waals surface area (Å²) in [5, 5.41) is -1.09. The topological polar surface area (TPSA) is 133 Å². The molecule has 11 nitrogen and oxygen atoms in total. The molecule has 2 aliphatic rings. The predicted octanol–water partition coefficient (Wildman–Crippen LogP) is 1.66. The monoisotopic (exact) mass is 548 g/mol. The van der Waals surface area contributed by atoms with Crippen LogP contribution >= 0.6 is 34.8 Å². The van der Waals surface area contributed by atoms with Gasteiger partial charge in [-0.2, -0.15) is 0 Å². The number of halogens is 3. The minimum absolute atomic E-state index is 0.0492. The molecule has 14 heteroatoms. The largest absolute Gasteiger partial charge is 0.463 e. The number of esters is 4. The van der Waals surface area contributed by atoms with Crippen molar-refractivity contribution in [2.45, 2.75) is 82.1 Å². The molecule has 34 heavy (non-hydrogen) atoms. The Morgan fingerprint density at radius 1 is 0.912 bits per heavy atom. The van der Waals surface area contributed by atoms with Gasteiger partial charge in [-0.25, -0.2) is 0 Å². The molecule has 0 aliphatic carbocycles.